The average molecular weight is 190 g/mol. The second-order valence-electron chi connectivity index (χ2n) is 3.20. The van der Waals surface area contributed by atoms with E-state index in [2.05, 4.69) is 17.9 Å². The van der Waals surface area contributed by atoms with Gasteiger partial charge in [-0.1, -0.05) is 6.92 Å². The van der Waals surface area contributed by atoms with Gasteiger partial charge in [-0.2, -0.15) is 5.26 Å². The zero-order valence-electron chi connectivity index (χ0n) is 7.42. The number of halogens is 1. The summed E-state index contributed by atoms with van der Waals surface area (Å²) in [6.07, 6.45) is 1.63. The highest BCUT2D eigenvalue weighted by molar-refractivity contribution is 5.85. The van der Waals surface area contributed by atoms with E-state index < -0.39 is 5.54 Å². The number of nitriles is 1. The van der Waals surface area contributed by atoms with E-state index in [9.17, 15) is 0 Å². The van der Waals surface area contributed by atoms with Crippen molar-refractivity contribution in [2.24, 2.45) is 5.73 Å². The Labute approximate surface area is 79.9 Å². The van der Waals surface area contributed by atoms with Crippen LogP contribution in [0.4, 0.5) is 0 Å². The summed E-state index contributed by atoms with van der Waals surface area (Å²) in [5.74, 6) is 0. The molecule has 0 bridgehead atoms. The molecule has 1 heterocycles. The van der Waals surface area contributed by atoms with Crippen LogP contribution in [0.3, 0.4) is 0 Å². The van der Waals surface area contributed by atoms with Crippen LogP contribution in [-0.2, 0) is 0 Å². The molecule has 0 amide bonds. The third-order valence-electron chi connectivity index (χ3n) is 2.42. The van der Waals surface area contributed by atoms with Gasteiger partial charge in [-0.15, -0.1) is 12.4 Å². The molecular formula is C8H16ClN3. The molecule has 1 aliphatic heterocycles. The number of nitrogens with two attached hydrogens (primary N) is 1. The minimum atomic E-state index is -0.536. The van der Waals surface area contributed by atoms with Gasteiger partial charge in [0.05, 0.1) is 6.07 Å². The fourth-order valence-electron chi connectivity index (χ4n) is 1.38. The van der Waals surface area contributed by atoms with Crippen LogP contribution in [-0.4, -0.2) is 30.1 Å². The predicted molar refractivity (Wildman–Crippen MR) is 51.1 cm³/mol. The molecule has 0 aromatic rings. The first-order valence-corrected chi connectivity index (χ1v) is 4.13. The molecule has 3 nitrogen and oxygen atoms in total. The van der Waals surface area contributed by atoms with Crippen LogP contribution in [0.2, 0.25) is 0 Å². The van der Waals surface area contributed by atoms with Crippen LogP contribution in [0.5, 0.6) is 0 Å². The molecule has 0 unspecified atom stereocenters. The molecule has 0 atom stereocenters. The largest absolute Gasteiger partial charge is 0.313 e. The number of hydrogen-bond donors (Lipinski definition) is 1. The fraction of sp³-hybridized carbons (Fsp3) is 0.875. The third-order valence-corrected chi connectivity index (χ3v) is 2.42. The second-order valence-corrected chi connectivity index (χ2v) is 3.20. The summed E-state index contributed by atoms with van der Waals surface area (Å²) in [5, 5.41) is 8.72. The summed E-state index contributed by atoms with van der Waals surface area (Å²) < 4.78 is 0. The van der Waals surface area contributed by atoms with E-state index in [1.807, 2.05) is 0 Å². The Balaban J connectivity index is 0.00000121. The van der Waals surface area contributed by atoms with Crippen molar-refractivity contribution in [1.29, 1.82) is 5.26 Å². The summed E-state index contributed by atoms with van der Waals surface area (Å²) >= 11 is 0. The number of nitrogens with zero attached hydrogens (tertiary/aromatic N) is 2. The van der Waals surface area contributed by atoms with Crippen LogP contribution in [0.1, 0.15) is 19.8 Å². The molecule has 1 aliphatic rings. The van der Waals surface area contributed by atoms with Gasteiger partial charge in [-0.25, -0.2) is 0 Å². The molecule has 0 aromatic heterocycles. The van der Waals surface area contributed by atoms with Crippen molar-refractivity contribution in [3.63, 3.8) is 0 Å². The predicted octanol–water partition coefficient (Wildman–Crippen LogP) is 0.745. The highest BCUT2D eigenvalue weighted by Gasteiger charge is 2.29. The maximum atomic E-state index is 8.72. The Bertz CT molecular complexity index is 168. The minimum absolute atomic E-state index is 0. The van der Waals surface area contributed by atoms with Crippen LogP contribution in [0.15, 0.2) is 0 Å². The molecule has 0 radical (unpaired) electrons. The molecule has 1 saturated heterocycles. The molecule has 0 aromatic carbocycles. The molecular weight excluding hydrogens is 174 g/mol. The maximum absolute atomic E-state index is 8.72. The van der Waals surface area contributed by atoms with Gasteiger partial charge in [0.2, 0.25) is 0 Å². The Hall–Kier alpha value is -0.300. The van der Waals surface area contributed by atoms with Gasteiger partial charge in [0, 0.05) is 13.1 Å². The lowest BCUT2D eigenvalue weighted by atomic mass is 9.90. The van der Waals surface area contributed by atoms with Crippen molar-refractivity contribution in [3.8, 4) is 6.07 Å². The standard InChI is InChI=1S/C8H15N3.ClH/c1-2-11-5-3-8(10,7-9)4-6-11;/h2-6,10H2,1H3;1H. The van der Waals surface area contributed by atoms with E-state index in [-0.39, 0.29) is 12.4 Å². The van der Waals surface area contributed by atoms with Crippen LogP contribution in [0.25, 0.3) is 0 Å². The normalized spacial score (nSPS) is 22.4. The summed E-state index contributed by atoms with van der Waals surface area (Å²) in [7, 11) is 0. The fourth-order valence-corrected chi connectivity index (χ4v) is 1.38. The highest BCUT2D eigenvalue weighted by Crippen LogP contribution is 2.17. The molecule has 1 rings (SSSR count). The Morgan fingerprint density at radius 2 is 2.00 bits per heavy atom. The minimum Gasteiger partial charge on any atom is -0.313 e. The van der Waals surface area contributed by atoms with Crippen molar-refractivity contribution in [2.75, 3.05) is 19.6 Å². The number of piperidine rings is 1. The number of rotatable bonds is 1. The number of hydrogen-bond acceptors (Lipinski definition) is 3. The zero-order chi connectivity index (χ0) is 8.32. The van der Waals surface area contributed by atoms with E-state index in [1.54, 1.807) is 0 Å². The van der Waals surface area contributed by atoms with E-state index in [0.29, 0.717) is 0 Å². The lowest BCUT2D eigenvalue weighted by molar-refractivity contribution is 0.197. The second kappa shape index (κ2) is 4.66. The molecule has 1 fully saturated rings. The summed E-state index contributed by atoms with van der Waals surface area (Å²) in [6, 6.07) is 2.18. The molecule has 0 saturated carbocycles. The quantitative estimate of drug-likeness (QED) is 0.662. The van der Waals surface area contributed by atoms with Crippen molar-refractivity contribution in [3.05, 3.63) is 0 Å². The summed E-state index contributed by atoms with van der Waals surface area (Å²) in [6.45, 7) is 5.15. The first-order chi connectivity index (χ1) is 5.20. The van der Waals surface area contributed by atoms with E-state index >= 15 is 0 Å². The Morgan fingerprint density at radius 1 is 1.50 bits per heavy atom. The molecule has 2 N–H and O–H groups in total. The van der Waals surface area contributed by atoms with Gasteiger partial charge in [-0.3, -0.25) is 0 Å². The Kier molecular flexibility index (Phi) is 4.54. The highest BCUT2D eigenvalue weighted by atomic mass is 35.5. The lowest BCUT2D eigenvalue weighted by Crippen LogP contribution is -2.49. The molecule has 70 valence electrons. The van der Waals surface area contributed by atoms with E-state index in [1.165, 1.54) is 0 Å². The van der Waals surface area contributed by atoms with Crippen LogP contribution < -0.4 is 5.73 Å². The van der Waals surface area contributed by atoms with Crippen molar-refractivity contribution in [2.45, 2.75) is 25.3 Å². The lowest BCUT2D eigenvalue weighted by Gasteiger charge is -2.33. The summed E-state index contributed by atoms with van der Waals surface area (Å²) in [5.41, 5.74) is 5.25. The van der Waals surface area contributed by atoms with Gasteiger partial charge >= 0.3 is 0 Å². The smallest absolute Gasteiger partial charge is 0.106 e. The van der Waals surface area contributed by atoms with Crippen molar-refractivity contribution < 1.29 is 0 Å². The zero-order valence-corrected chi connectivity index (χ0v) is 8.23. The van der Waals surface area contributed by atoms with Gasteiger partial charge in [-0.05, 0) is 19.4 Å². The Morgan fingerprint density at radius 3 is 2.33 bits per heavy atom. The molecule has 12 heavy (non-hydrogen) atoms. The monoisotopic (exact) mass is 189 g/mol. The van der Waals surface area contributed by atoms with Crippen LogP contribution >= 0.6 is 12.4 Å². The van der Waals surface area contributed by atoms with E-state index in [4.69, 9.17) is 11.0 Å². The molecule has 0 aliphatic carbocycles. The summed E-state index contributed by atoms with van der Waals surface area (Å²) in [4.78, 5) is 2.32. The van der Waals surface area contributed by atoms with Gasteiger partial charge in [0.15, 0.2) is 0 Å². The number of likely N-dealkylation sites (tertiary alicyclic amines) is 1. The first kappa shape index (κ1) is 11.7. The topological polar surface area (TPSA) is 53.0 Å². The molecule has 0 spiro atoms. The van der Waals surface area contributed by atoms with Crippen LogP contribution in [0, 0.1) is 11.3 Å². The average Bonchev–Trinajstić information content (AvgIpc) is 2.06. The van der Waals surface area contributed by atoms with Crippen molar-refractivity contribution >= 4 is 12.4 Å². The van der Waals surface area contributed by atoms with E-state index in [0.717, 1.165) is 32.5 Å². The molecule has 4 heteroatoms. The van der Waals surface area contributed by atoms with Gasteiger partial charge < -0.3 is 10.6 Å². The maximum Gasteiger partial charge on any atom is 0.106 e. The SMILES string of the molecule is CCN1CCC(N)(C#N)CC1.Cl. The van der Waals surface area contributed by atoms with Gasteiger partial charge in [0.25, 0.3) is 0 Å². The van der Waals surface area contributed by atoms with Crippen molar-refractivity contribution in [1.82, 2.24) is 4.90 Å². The first-order valence-electron chi connectivity index (χ1n) is 4.13. The van der Waals surface area contributed by atoms with Gasteiger partial charge in [0.1, 0.15) is 5.54 Å². The third kappa shape index (κ3) is 2.63.